The van der Waals surface area contributed by atoms with Gasteiger partial charge in [-0.3, -0.25) is 14.4 Å². The predicted molar refractivity (Wildman–Crippen MR) is 196 cm³/mol. The number of unbranched alkanes of at least 4 members (excludes halogenated alkanes) is 22. The van der Waals surface area contributed by atoms with E-state index in [9.17, 15) is 14.4 Å². The molecule has 0 aromatic rings. The van der Waals surface area contributed by atoms with Gasteiger partial charge in [-0.1, -0.05) is 148 Å². The van der Waals surface area contributed by atoms with Crippen LogP contribution in [0.25, 0.3) is 0 Å². The van der Waals surface area contributed by atoms with E-state index in [0.29, 0.717) is 19.3 Å². The van der Waals surface area contributed by atoms with Gasteiger partial charge < -0.3 is 14.2 Å². The first-order valence-corrected chi connectivity index (χ1v) is 19.8. The number of allylic oxidation sites excluding steroid dienone is 3. The molecule has 6 nitrogen and oxygen atoms in total. The lowest BCUT2D eigenvalue weighted by atomic mass is 10.0. The average Bonchev–Trinajstić information content (AvgIpc) is 3.06. The predicted octanol–water partition coefficient (Wildman–Crippen LogP) is 12.1. The maximum absolute atomic E-state index is 12.5. The second kappa shape index (κ2) is 36.7. The minimum Gasteiger partial charge on any atom is -0.462 e. The first-order valence-electron chi connectivity index (χ1n) is 19.8. The fourth-order valence-corrected chi connectivity index (χ4v) is 5.60. The summed E-state index contributed by atoms with van der Waals surface area (Å²) in [6, 6.07) is 0. The topological polar surface area (TPSA) is 78.9 Å². The fraction of sp³-hybridized carbons (Fsp3) is 0.829. The standard InChI is InChI=1S/C41H74O6/c1-4-7-10-13-16-18-19-20-21-23-26-28-31-34-40(43)46-37-38(47-41(44)35-32-29-24-15-12-9-6-3)36-45-39(42)33-30-27-25-22-17-14-11-8-5-2/h6,8,11,38H,3-5,7,9-10,12-37H2,1-2H3. The van der Waals surface area contributed by atoms with Crippen molar-refractivity contribution in [3.8, 4) is 0 Å². The summed E-state index contributed by atoms with van der Waals surface area (Å²) in [6.45, 7) is 7.99. The summed E-state index contributed by atoms with van der Waals surface area (Å²) in [5.41, 5.74) is 0. The van der Waals surface area contributed by atoms with Gasteiger partial charge in [0.05, 0.1) is 0 Å². The van der Waals surface area contributed by atoms with Gasteiger partial charge in [-0.05, 0) is 51.4 Å². The first-order chi connectivity index (χ1) is 23.0. The van der Waals surface area contributed by atoms with Gasteiger partial charge in [-0.2, -0.15) is 0 Å². The maximum Gasteiger partial charge on any atom is 0.306 e. The summed E-state index contributed by atoms with van der Waals surface area (Å²) < 4.78 is 16.5. The van der Waals surface area contributed by atoms with E-state index in [0.717, 1.165) is 89.9 Å². The highest BCUT2D eigenvalue weighted by Gasteiger charge is 2.19. The number of carbonyl (C=O) groups excluding carboxylic acids is 3. The lowest BCUT2D eigenvalue weighted by molar-refractivity contribution is -0.167. The molecule has 0 aliphatic carbocycles. The summed E-state index contributed by atoms with van der Waals surface area (Å²) in [4.78, 5) is 37.3. The lowest BCUT2D eigenvalue weighted by Crippen LogP contribution is -2.30. The molecule has 1 atom stereocenters. The maximum atomic E-state index is 12.5. The largest absolute Gasteiger partial charge is 0.462 e. The number of carbonyl (C=O) groups is 3. The number of hydrogen-bond donors (Lipinski definition) is 0. The van der Waals surface area contributed by atoms with Gasteiger partial charge in [0.2, 0.25) is 0 Å². The van der Waals surface area contributed by atoms with Gasteiger partial charge in [0.25, 0.3) is 0 Å². The Balaban J connectivity index is 4.28. The molecule has 0 bridgehead atoms. The van der Waals surface area contributed by atoms with E-state index in [1.165, 1.54) is 77.0 Å². The summed E-state index contributed by atoms with van der Waals surface area (Å²) in [7, 11) is 0. The second-order valence-corrected chi connectivity index (χ2v) is 13.3. The van der Waals surface area contributed by atoms with Crippen molar-refractivity contribution in [2.24, 2.45) is 0 Å². The molecule has 0 aliphatic heterocycles. The van der Waals surface area contributed by atoms with Crippen LogP contribution in [-0.4, -0.2) is 37.2 Å². The Bertz CT molecular complexity index is 761. The van der Waals surface area contributed by atoms with Crippen LogP contribution in [0.4, 0.5) is 0 Å². The molecule has 0 fully saturated rings. The average molecular weight is 663 g/mol. The van der Waals surface area contributed by atoms with E-state index in [-0.39, 0.29) is 31.1 Å². The normalized spacial score (nSPS) is 11.9. The van der Waals surface area contributed by atoms with Crippen molar-refractivity contribution in [3.63, 3.8) is 0 Å². The molecule has 0 N–H and O–H groups in total. The Morgan fingerprint density at radius 3 is 1.30 bits per heavy atom. The van der Waals surface area contributed by atoms with E-state index in [1.54, 1.807) is 0 Å². The van der Waals surface area contributed by atoms with Crippen molar-refractivity contribution in [1.82, 2.24) is 0 Å². The van der Waals surface area contributed by atoms with Crippen LogP contribution >= 0.6 is 0 Å². The van der Waals surface area contributed by atoms with Gasteiger partial charge in [0.15, 0.2) is 6.10 Å². The molecule has 0 radical (unpaired) electrons. The van der Waals surface area contributed by atoms with E-state index in [2.05, 4.69) is 32.6 Å². The third-order valence-electron chi connectivity index (χ3n) is 8.59. The van der Waals surface area contributed by atoms with Crippen LogP contribution in [0.15, 0.2) is 24.8 Å². The molecular formula is C41H74O6. The van der Waals surface area contributed by atoms with Crippen LogP contribution in [0.2, 0.25) is 0 Å². The molecule has 6 heteroatoms. The van der Waals surface area contributed by atoms with Crippen LogP contribution in [0.3, 0.4) is 0 Å². The molecule has 0 rings (SSSR count). The second-order valence-electron chi connectivity index (χ2n) is 13.3. The van der Waals surface area contributed by atoms with E-state index in [1.807, 2.05) is 6.08 Å². The van der Waals surface area contributed by atoms with E-state index in [4.69, 9.17) is 14.2 Å². The number of hydrogen-bond acceptors (Lipinski definition) is 6. The summed E-state index contributed by atoms with van der Waals surface area (Å²) in [5, 5.41) is 0. The summed E-state index contributed by atoms with van der Waals surface area (Å²) in [5.74, 6) is -0.918. The Labute approximate surface area is 290 Å². The fourth-order valence-electron chi connectivity index (χ4n) is 5.60. The summed E-state index contributed by atoms with van der Waals surface area (Å²) >= 11 is 0. The van der Waals surface area contributed by atoms with Gasteiger partial charge in [0.1, 0.15) is 13.2 Å². The van der Waals surface area contributed by atoms with Gasteiger partial charge in [-0.15, -0.1) is 6.58 Å². The number of rotatable bonds is 36. The molecule has 274 valence electrons. The SMILES string of the molecule is C=CCCCCCCCC(=O)OC(COC(=O)CCCCCCCC=CCC)COC(=O)CCCCCCCCCCCCCCC. The summed E-state index contributed by atoms with van der Waals surface area (Å²) in [6.07, 6.45) is 36.4. The molecule has 0 amide bonds. The Kier molecular flexibility index (Phi) is 35.1. The Hall–Kier alpha value is -2.11. The minimum atomic E-state index is -0.772. The van der Waals surface area contributed by atoms with Crippen molar-refractivity contribution in [2.45, 2.75) is 206 Å². The zero-order chi connectivity index (χ0) is 34.5. The third kappa shape index (κ3) is 35.0. The molecule has 0 saturated carbocycles. The molecule has 0 aromatic carbocycles. The minimum absolute atomic E-state index is 0.0790. The monoisotopic (exact) mass is 663 g/mol. The molecule has 0 heterocycles. The molecule has 0 spiro atoms. The van der Waals surface area contributed by atoms with E-state index < -0.39 is 6.10 Å². The van der Waals surface area contributed by atoms with Crippen LogP contribution in [-0.2, 0) is 28.6 Å². The van der Waals surface area contributed by atoms with Gasteiger partial charge >= 0.3 is 17.9 Å². The van der Waals surface area contributed by atoms with Crippen molar-refractivity contribution in [2.75, 3.05) is 13.2 Å². The van der Waals surface area contributed by atoms with Crippen molar-refractivity contribution >= 4 is 17.9 Å². The molecule has 0 saturated heterocycles. The zero-order valence-electron chi connectivity index (χ0n) is 30.9. The number of ether oxygens (including phenoxy) is 3. The van der Waals surface area contributed by atoms with Gasteiger partial charge in [-0.25, -0.2) is 0 Å². The molecule has 0 aliphatic rings. The van der Waals surface area contributed by atoms with Crippen molar-refractivity contribution in [1.29, 1.82) is 0 Å². The Morgan fingerprint density at radius 2 is 0.872 bits per heavy atom. The number of esters is 3. The third-order valence-corrected chi connectivity index (χ3v) is 8.59. The lowest BCUT2D eigenvalue weighted by Gasteiger charge is -2.18. The first kappa shape index (κ1) is 44.9. The van der Waals surface area contributed by atoms with Crippen LogP contribution in [0.1, 0.15) is 200 Å². The highest BCUT2D eigenvalue weighted by Crippen LogP contribution is 2.14. The molecule has 0 aromatic heterocycles. The smallest absolute Gasteiger partial charge is 0.306 e. The molecule has 1 unspecified atom stereocenters. The quantitative estimate of drug-likeness (QED) is 0.0287. The van der Waals surface area contributed by atoms with Crippen LogP contribution in [0.5, 0.6) is 0 Å². The molecular weight excluding hydrogens is 588 g/mol. The zero-order valence-corrected chi connectivity index (χ0v) is 30.9. The van der Waals surface area contributed by atoms with Crippen LogP contribution in [0, 0.1) is 0 Å². The van der Waals surface area contributed by atoms with E-state index >= 15 is 0 Å². The van der Waals surface area contributed by atoms with Crippen molar-refractivity contribution in [3.05, 3.63) is 24.8 Å². The van der Waals surface area contributed by atoms with Crippen molar-refractivity contribution < 1.29 is 28.6 Å². The van der Waals surface area contributed by atoms with Gasteiger partial charge in [0, 0.05) is 19.3 Å². The Morgan fingerprint density at radius 1 is 0.489 bits per heavy atom. The van der Waals surface area contributed by atoms with Crippen LogP contribution < -0.4 is 0 Å². The highest BCUT2D eigenvalue weighted by molar-refractivity contribution is 5.71. The molecule has 47 heavy (non-hydrogen) atoms. The highest BCUT2D eigenvalue weighted by atomic mass is 16.6.